The van der Waals surface area contributed by atoms with Gasteiger partial charge in [0.25, 0.3) is 11.6 Å². The molecule has 2 aromatic carbocycles. The summed E-state index contributed by atoms with van der Waals surface area (Å²) in [7, 11) is -3.95. The fourth-order valence-corrected chi connectivity index (χ4v) is 5.40. The topological polar surface area (TPSA) is 168 Å². The zero-order chi connectivity index (χ0) is 27.6. The van der Waals surface area contributed by atoms with Gasteiger partial charge in [-0.15, -0.1) is 0 Å². The number of imidazole rings is 1. The monoisotopic (exact) mass is 552 g/mol. The quantitative estimate of drug-likeness (QED) is 0.183. The number of amides is 1. The highest BCUT2D eigenvalue weighted by molar-refractivity contribution is 7.87. The second-order valence-electron chi connectivity index (χ2n) is 9.09. The molecule has 1 N–H and O–H groups in total. The number of carbonyl (C=O) groups excluding carboxylic acids is 1. The highest BCUT2D eigenvalue weighted by Crippen LogP contribution is 2.37. The van der Waals surface area contributed by atoms with E-state index in [9.17, 15) is 23.3 Å². The van der Waals surface area contributed by atoms with Crippen molar-refractivity contribution in [2.45, 2.75) is 32.1 Å². The highest BCUT2D eigenvalue weighted by Gasteiger charge is 2.35. The molecule has 0 saturated carbocycles. The van der Waals surface area contributed by atoms with Crippen LogP contribution in [0.15, 0.2) is 67.3 Å². The van der Waals surface area contributed by atoms with Gasteiger partial charge in [0.05, 0.1) is 23.1 Å². The smallest absolute Gasteiger partial charge is 0.309 e. The molecule has 1 saturated heterocycles. The molecule has 0 radical (unpaired) electrons. The largest absolute Gasteiger partial charge is 0.382 e. The number of ether oxygens (including phenoxy) is 1. The number of nitro groups is 1. The van der Waals surface area contributed by atoms with Gasteiger partial charge in [-0.1, -0.05) is 25.1 Å². The van der Waals surface area contributed by atoms with Gasteiger partial charge < -0.3 is 14.2 Å². The van der Waals surface area contributed by atoms with Crippen LogP contribution in [0.4, 0.5) is 11.5 Å². The van der Waals surface area contributed by atoms with E-state index in [0.29, 0.717) is 23.1 Å². The Morgan fingerprint density at radius 1 is 1.15 bits per heavy atom. The van der Waals surface area contributed by atoms with Crippen LogP contribution in [0.2, 0.25) is 0 Å². The predicted octanol–water partition coefficient (Wildman–Crippen LogP) is 3.71. The second kappa shape index (κ2) is 10.7. The number of carbonyl (C=O) groups is 1. The minimum atomic E-state index is -3.95. The Balaban J connectivity index is 1.24. The van der Waals surface area contributed by atoms with Crippen LogP contribution in [0.3, 0.4) is 0 Å². The molecular formula is C25H24N6O7S. The summed E-state index contributed by atoms with van der Waals surface area (Å²) in [5, 5.41) is 13.5. The number of nitrogens with one attached hydrogen (secondary N) is 1. The molecule has 3 heterocycles. The van der Waals surface area contributed by atoms with Gasteiger partial charge in [-0.05, 0) is 43.0 Å². The molecule has 0 bridgehead atoms. The van der Waals surface area contributed by atoms with Gasteiger partial charge >= 0.3 is 10.1 Å². The van der Waals surface area contributed by atoms with Gasteiger partial charge in [-0.25, -0.2) is 15.0 Å². The Kier molecular flexibility index (Phi) is 7.21. The van der Waals surface area contributed by atoms with E-state index in [2.05, 4.69) is 20.3 Å². The SMILES string of the molecule is C[C@H]1C[C@H](n2cnc3c(NC(=O)c4ccccc4)ncnc32)O[C@@H]1CCS(=O)(=O)Oc1ccc([N+](=O)[O-])cc1. The van der Waals surface area contributed by atoms with Crippen LogP contribution in [0.25, 0.3) is 11.2 Å². The van der Waals surface area contributed by atoms with Gasteiger partial charge in [0.15, 0.2) is 17.0 Å². The minimum Gasteiger partial charge on any atom is -0.382 e. The summed E-state index contributed by atoms with van der Waals surface area (Å²) in [6.45, 7) is 1.97. The van der Waals surface area contributed by atoms with Crippen molar-refractivity contribution in [3.8, 4) is 5.75 Å². The number of non-ortho nitro benzene ring substituents is 1. The lowest BCUT2D eigenvalue weighted by atomic mass is 10.0. The number of benzene rings is 2. The molecule has 2 aromatic heterocycles. The standard InChI is InChI=1S/C25H24N6O7S/c1-16-13-21(37-20(16)11-12-39(35,36)38-19-9-7-18(8-10-19)31(33)34)30-15-28-22-23(26-14-27-24(22)30)29-25(32)17-5-3-2-4-6-17/h2-10,14-16,20-21H,11-13H2,1H3,(H,26,27,29,32)/t16-,20+,21+/m0/s1. The first kappa shape index (κ1) is 26.2. The maximum atomic E-state index is 12.6. The number of fused-ring (bicyclic) bond motifs is 1. The molecule has 5 rings (SSSR count). The highest BCUT2D eigenvalue weighted by atomic mass is 32.2. The number of anilines is 1. The minimum absolute atomic E-state index is 0.00130. The van der Waals surface area contributed by atoms with Crippen LogP contribution in [0.5, 0.6) is 5.75 Å². The molecule has 0 unspecified atom stereocenters. The average Bonchev–Trinajstić information content (AvgIpc) is 3.52. The normalized spacial score (nSPS) is 19.2. The number of aromatic nitrogens is 4. The van der Waals surface area contributed by atoms with Crippen molar-refractivity contribution in [1.29, 1.82) is 0 Å². The second-order valence-corrected chi connectivity index (χ2v) is 10.8. The number of hydrogen-bond donors (Lipinski definition) is 1. The summed E-state index contributed by atoms with van der Waals surface area (Å²) in [4.78, 5) is 35.7. The van der Waals surface area contributed by atoms with Crippen molar-refractivity contribution in [1.82, 2.24) is 19.5 Å². The molecule has 0 spiro atoms. The van der Waals surface area contributed by atoms with Gasteiger partial charge in [0.2, 0.25) is 0 Å². The van der Waals surface area contributed by atoms with Crippen LogP contribution in [0.1, 0.15) is 36.4 Å². The van der Waals surface area contributed by atoms with Crippen LogP contribution in [-0.2, 0) is 14.9 Å². The summed E-state index contributed by atoms with van der Waals surface area (Å²) < 4.78 is 38.1. The van der Waals surface area contributed by atoms with Crippen LogP contribution >= 0.6 is 0 Å². The zero-order valence-electron chi connectivity index (χ0n) is 20.7. The van der Waals surface area contributed by atoms with Crippen molar-refractivity contribution in [3.05, 3.63) is 82.9 Å². The predicted molar refractivity (Wildman–Crippen MR) is 140 cm³/mol. The van der Waals surface area contributed by atoms with Crippen molar-refractivity contribution >= 4 is 38.7 Å². The van der Waals surface area contributed by atoms with E-state index in [1.165, 1.54) is 30.6 Å². The van der Waals surface area contributed by atoms with Crippen molar-refractivity contribution in [3.63, 3.8) is 0 Å². The maximum Gasteiger partial charge on any atom is 0.309 e. The van der Waals surface area contributed by atoms with Crippen molar-refractivity contribution < 1.29 is 27.1 Å². The van der Waals surface area contributed by atoms with Crippen molar-refractivity contribution in [2.24, 2.45) is 5.92 Å². The molecule has 1 fully saturated rings. The number of nitro benzene ring substituents is 1. The van der Waals surface area contributed by atoms with Crippen LogP contribution in [0, 0.1) is 16.0 Å². The van der Waals surface area contributed by atoms with E-state index >= 15 is 0 Å². The van der Waals surface area contributed by atoms with E-state index in [4.69, 9.17) is 8.92 Å². The third-order valence-electron chi connectivity index (χ3n) is 6.40. The molecular weight excluding hydrogens is 528 g/mol. The molecule has 3 atom stereocenters. The lowest BCUT2D eigenvalue weighted by Crippen LogP contribution is -2.22. The van der Waals surface area contributed by atoms with Gasteiger partial charge in [-0.3, -0.25) is 19.5 Å². The Hall–Kier alpha value is -4.43. The third-order valence-corrected chi connectivity index (χ3v) is 7.58. The molecule has 1 aliphatic rings. The van der Waals surface area contributed by atoms with Crippen molar-refractivity contribution in [2.75, 3.05) is 11.1 Å². The van der Waals surface area contributed by atoms with Gasteiger partial charge in [0, 0.05) is 17.7 Å². The van der Waals surface area contributed by atoms with Gasteiger partial charge in [0.1, 0.15) is 18.3 Å². The molecule has 13 nitrogen and oxygen atoms in total. The summed E-state index contributed by atoms with van der Waals surface area (Å²) in [6, 6.07) is 13.6. The van der Waals surface area contributed by atoms with E-state index in [1.807, 2.05) is 13.0 Å². The Morgan fingerprint density at radius 3 is 2.62 bits per heavy atom. The molecule has 4 aromatic rings. The summed E-state index contributed by atoms with van der Waals surface area (Å²) in [5.74, 6) is -0.327. The van der Waals surface area contributed by atoms with Gasteiger partial charge in [-0.2, -0.15) is 8.42 Å². The lowest BCUT2D eigenvalue weighted by molar-refractivity contribution is -0.384. The van der Waals surface area contributed by atoms with Crippen LogP contribution in [-0.4, -0.2) is 50.6 Å². The van der Waals surface area contributed by atoms with E-state index in [1.54, 1.807) is 35.2 Å². The van der Waals surface area contributed by atoms with E-state index in [-0.39, 0.29) is 47.4 Å². The molecule has 1 amide bonds. The fourth-order valence-electron chi connectivity index (χ4n) is 4.39. The lowest BCUT2D eigenvalue weighted by Gasteiger charge is -2.16. The fraction of sp³-hybridized carbons (Fsp3) is 0.280. The van der Waals surface area contributed by atoms with E-state index in [0.717, 1.165) is 0 Å². The van der Waals surface area contributed by atoms with Crippen LogP contribution < -0.4 is 9.50 Å². The Morgan fingerprint density at radius 2 is 1.90 bits per heavy atom. The first-order valence-electron chi connectivity index (χ1n) is 12.1. The van der Waals surface area contributed by atoms with E-state index < -0.39 is 21.3 Å². The molecule has 39 heavy (non-hydrogen) atoms. The first-order valence-corrected chi connectivity index (χ1v) is 13.6. The summed E-state index contributed by atoms with van der Waals surface area (Å²) >= 11 is 0. The summed E-state index contributed by atoms with van der Waals surface area (Å²) in [5.41, 5.74) is 1.19. The number of hydrogen-bond acceptors (Lipinski definition) is 10. The number of nitrogens with zero attached hydrogens (tertiary/aromatic N) is 5. The molecule has 0 aliphatic carbocycles. The Labute approximate surface area is 223 Å². The molecule has 1 aliphatic heterocycles. The Bertz CT molecular complexity index is 1610. The average molecular weight is 553 g/mol. The maximum absolute atomic E-state index is 12.6. The molecule has 14 heteroatoms. The third kappa shape index (κ3) is 5.86. The first-order chi connectivity index (χ1) is 18.7. The zero-order valence-corrected chi connectivity index (χ0v) is 21.5. The molecule has 202 valence electrons. The summed E-state index contributed by atoms with van der Waals surface area (Å²) in [6.07, 6.45) is 2.86. The number of rotatable bonds is 9.